The number of carbonyl (C=O) groups excluding carboxylic acids is 1. The Kier molecular flexibility index (Phi) is 4.60. The fourth-order valence-electron chi connectivity index (χ4n) is 2.57. The molecule has 1 unspecified atom stereocenters. The van der Waals surface area contributed by atoms with Crippen LogP contribution in [0.15, 0.2) is 57.1 Å². The topological polar surface area (TPSA) is 78.8 Å². The first kappa shape index (κ1) is 16.9. The number of nitrogens with one attached hydrogen (secondary N) is 1. The molecule has 3 rings (SSSR count). The third-order valence-corrected chi connectivity index (χ3v) is 5.69. The van der Waals surface area contributed by atoms with Crippen molar-refractivity contribution in [3.05, 3.63) is 58.2 Å². The lowest BCUT2D eigenvalue weighted by atomic mass is 10.1. The van der Waals surface area contributed by atoms with Crippen molar-refractivity contribution in [2.24, 2.45) is 4.40 Å². The molecule has 0 aromatic heterocycles. The van der Waals surface area contributed by atoms with Crippen LogP contribution in [0, 0.1) is 0 Å². The molecule has 1 atom stereocenters. The first-order valence-corrected chi connectivity index (χ1v) is 9.81. The molecule has 0 saturated heterocycles. The van der Waals surface area contributed by atoms with Gasteiger partial charge in [0.25, 0.3) is 15.9 Å². The van der Waals surface area contributed by atoms with Crippen LogP contribution in [0.1, 0.15) is 18.5 Å². The van der Waals surface area contributed by atoms with Crippen LogP contribution in [0.5, 0.6) is 0 Å². The van der Waals surface area contributed by atoms with E-state index in [0.29, 0.717) is 6.54 Å². The van der Waals surface area contributed by atoms with E-state index in [2.05, 4.69) is 25.6 Å². The third-order valence-electron chi connectivity index (χ3n) is 3.82. The second-order valence-electron chi connectivity index (χ2n) is 5.53. The Morgan fingerprint density at radius 1 is 1.38 bits per heavy atom. The smallest absolute Gasteiger partial charge is 0.256 e. The van der Waals surface area contributed by atoms with Gasteiger partial charge < -0.3 is 10.2 Å². The highest BCUT2D eigenvalue weighted by Crippen LogP contribution is 2.24. The van der Waals surface area contributed by atoms with E-state index in [1.165, 1.54) is 0 Å². The number of rotatable bonds is 3. The lowest BCUT2D eigenvalue weighted by Crippen LogP contribution is -2.42. The van der Waals surface area contributed by atoms with Crippen LogP contribution in [0.2, 0.25) is 0 Å². The van der Waals surface area contributed by atoms with E-state index >= 15 is 0 Å². The maximum atomic E-state index is 12.6. The molecule has 2 heterocycles. The molecule has 2 aliphatic rings. The lowest BCUT2D eigenvalue weighted by molar-refractivity contribution is -0.117. The summed E-state index contributed by atoms with van der Waals surface area (Å²) in [6.45, 7) is 2.16. The van der Waals surface area contributed by atoms with Gasteiger partial charge in [-0.25, -0.2) is 8.42 Å². The molecule has 2 aliphatic heterocycles. The second-order valence-corrected chi connectivity index (χ2v) is 8.14. The normalized spacial score (nSPS) is 19.8. The largest absolute Gasteiger partial charge is 0.345 e. The van der Waals surface area contributed by atoms with Crippen molar-refractivity contribution < 1.29 is 13.2 Å². The zero-order valence-electron chi connectivity index (χ0n) is 12.9. The average Bonchev–Trinajstić information content (AvgIpc) is 2.53. The Labute approximate surface area is 149 Å². The van der Waals surface area contributed by atoms with Crippen molar-refractivity contribution in [1.29, 1.82) is 0 Å². The number of sulfonamides is 1. The maximum absolute atomic E-state index is 12.6. The third kappa shape index (κ3) is 3.44. The number of fused-ring (bicyclic) bond motifs is 1. The van der Waals surface area contributed by atoms with Gasteiger partial charge in [0.1, 0.15) is 0 Å². The van der Waals surface area contributed by atoms with Gasteiger partial charge in [-0.05, 0) is 30.7 Å². The van der Waals surface area contributed by atoms with E-state index in [0.717, 1.165) is 10.0 Å². The fourth-order valence-corrected chi connectivity index (χ4v) is 4.19. The minimum absolute atomic E-state index is 0.0525. The highest BCUT2D eigenvalue weighted by Gasteiger charge is 2.30. The highest BCUT2D eigenvalue weighted by atomic mass is 79.9. The van der Waals surface area contributed by atoms with Gasteiger partial charge in [0.15, 0.2) is 5.84 Å². The van der Waals surface area contributed by atoms with Gasteiger partial charge in [0.05, 0.1) is 17.4 Å². The van der Waals surface area contributed by atoms with E-state index in [-0.39, 0.29) is 29.1 Å². The molecule has 0 fully saturated rings. The van der Waals surface area contributed by atoms with Crippen LogP contribution in [-0.4, -0.2) is 37.4 Å². The van der Waals surface area contributed by atoms with Crippen molar-refractivity contribution >= 4 is 37.7 Å². The van der Waals surface area contributed by atoms with Crippen LogP contribution in [0.3, 0.4) is 0 Å². The van der Waals surface area contributed by atoms with Gasteiger partial charge in [-0.3, -0.25) is 4.79 Å². The summed E-state index contributed by atoms with van der Waals surface area (Å²) in [5, 5.41) is 2.89. The van der Waals surface area contributed by atoms with Crippen molar-refractivity contribution in [2.45, 2.75) is 13.0 Å². The Balaban J connectivity index is 1.84. The Hall–Kier alpha value is -1.93. The molecule has 1 amide bonds. The molecule has 6 nitrogen and oxygen atoms in total. The standard InChI is InChI=1S/C16H16BrN3O3S/c1-11(12-5-2-3-7-14(12)17)18-16(21)13-6-4-8-20-9-10-24(22,23)19-15(13)20/h2-8,11H,9-10H2,1H3,(H,18,21). The van der Waals surface area contributed by atoms with Crippen LogP contribution in [-0.2, 0) is 14.8 Å². The van der Waals surface area contributed by atoms with Crippen molar-refractivity contribution in [3.63, 3.8) is 0 Å². The molecule has 126 valence electrons. The Morgan fingerprint density at radius 3 is 2.88 bits per heavy atom. The van der Waals surface area contributed by atoms with Crippen LogP contribution in [0.4, 0.5) is 0 Å². The monoisotopic (exact) mass is 409 g/mol. The van der Waals surface area contributed by atoms with Crippen molar-refractivity contribution in [2.75, 3.05) is 12.3 Å². The average molecular weight is 410 g/mol. The summed E-state index contributed by atoms with van der Waals surface area (Å²) in [6, 6.07) is 7.37. The lowest BCUT2D eigenvalue weighted by Gasteiger charge is -2.29. The number of halogens is 1. The van der Waals surface area contributed by atoms with Gasteiger partial charge in [-0.15, -0.1) is 4.40 Å². The Bertz CT molecular complexity index is 874. The molecular formula is C16H16BrN3O3S. The molecule has 0 bridgehead atoms. The number of nitrogens with zero attached hydrogens (tertiary/aromatic N) is 2. The van der Waals surface area contributed by atoms with E-state index in [1.54, 1.807) is 23.3 Å². The first-order chi connectivity index (χ1) is 11.4. The molecule has 1 aromatic rings. The van der Waals surface area contributed by atoms with E-state index < -0.39 is 10.0 Å². The molecule has 1 N–H and O–H groups in total. The van der Waals surface area contributed by atoms with Crippen LogP contribution in [0.25, 0.3) is 0 Å². The van der Waals surface area contributed by atoms with E-state index in [4.69, 9.17) is 0 Å². The number of benzene rings is 1. The highest BCUT2D eigenvalue weighted by molar-refractivity contribution is 9.10. The predicted octanol–water partition coefficient (Wildman–Crippen LogP) is 2.12. The number of hydrogen-bond acceptors (Lipinski definition) is 4. The summed E-state index contributed by atoms with van der Waals surface area (Å²) in [5.74, 6) is -0.229. The van der Waals surface area contributed by atoms with Gasteiger partial charge in [-0.1, -0.05) is 34.1 Å². The van der Waals surface area contributed by atoms with E-state index in [1.807, 2.05) is 31.2 Å². The summed E-state index contributed by atoms with van der Waals surface area (Å²) < 4.78 is 28.2. The molecular weight excluding hydrogens is 394 g/mol. The Morgan fingerprint density at radius 2 is 2.12 bits per heavy atom. The minimum atomic E-state index is -3.52. The number of amides is 1. The summed E-state index contributed by atoms with van der Waals surface area (Å²) >= 11 is 3.46. The quantitative estimate of drug-likeness (QED) is 0.828. The summed E-state index contributed by atoms with van der Waals surface area (Å²) in [6.07, 6.45) is 5.02. The summed E-state index contributed by atoms with van der Waals surface area (Å²) in [4.78, 5) is 14.3. The maximum Gasteiger partial charge on any atom is 0.256 e. The number of amidine groups is 1. The number of carbonyl (C=O) groups is 1. The zero-order valence-corrected chi connectivity index (χ0v) is 15.3. The van der Waals surface area contributed by atoms with Gasteiger partial charge >= 0.3 is 0 Å². The number of hydrogen-bond donors (Lipinski definition) is 1. The van der Waals surface area contributed by atoms with Crippen molar-refractivity contribution in [1.82, 2.24) is 10.2 Å². The minimum Gasteiger partial charge on any atom is -0.345 e. The second kappa shape index (κ2) is 6.52. The van der Waals surface area contributed by atoms with Crippen LogP contribution < -0.4 is 5.32 Å². The van der Waals surface area contributed by atoms with Gasteiger partial charge in [0.2, 0.25) is 0 Å². The predicted molar refractivity (Wildman–Crippen MR) is 95.9 cm³/mol. The van der Waals surface area contributed by atoms with Crippen molar-refractivity contribution in [3.8, 4) is 0 Å². The van der Waals surface area contributed by atoms with Crippen LogP contribution >= 0.6 is 15.9 Å². The first-order valence-electron chi connectivity index (χ1n) is 7.41. The molecule has 1 aromatic carbocycles. The summed E-state index contributed by atoms with van der Waals surface area (Å²) in [7, 11) is -3.52. The molecule has 0 spiro atoms. The molecule has 8 heteroatoms. The number of allylic oxidation sites excluding steroid dienone is 2. The molecule has 0 aliphatic carbocycles. The molecule has 0 saturated carbocycles. The summed E-state index contributed by atoms with van der Waals surface area (Å²) in [5.41, 5.74) is 1.19. The van der Waals surface area contributed by atoms with Gasteiger partial charge in [-0.2, -0.15) is 0 Å². The zero-order chi connectivity index (χ0) is 17.3. The fraction of sp³-hybridized carbons (Fsp3) is 0.250. The molecule has 24 heavy (non-hydrogen) atoms. The SMILES string of the molecule is CC(NC(=O)C1=CC=CN2CCS(=O)(=O)N=C12)c1ccccc1Br. The van der Waals surface area contributed by atoms with Gasteiger partial charge in [0, 0.05) is 17.2 Å². The van der Waals surface area contributed by atoms with E-state index in [9.17, 15) is 13.2 Å². The molecule has 0 radical (unpaired) electrons.